The van der Waals surface area contributed by atoms with Gasteiger partial charge in [0.05, 0.1) is 0 Å². The van der Waals surface area contributed by atoms with Crippen molar-refractivity contribution in [2.75, 3.05) is 13.1 Å². The van der Waals surface area contributed by atoms with Gasteiger partial charge in [0.2, 0.25) is 0 Å². The molecule has 138 valence electrons. The maximum absolute atomic E-state index is 12.3. The molecule has 2 atom stereocenters. The van der Waals surface area contributed by atoms with Crippen LogP contribution in [-0.2, 0) is 11.2 Å². The molecular formula is C19H28N2O4. The summed E-state index contributed by atoms with van der Waals surface area (Å²) in [6.45, 7) is 6.69. The van der Waals surface area contributed by atoms with Gasteiger partial charge in [0.15, 0.2) is 0 Å². The highest BCUT2D eigenvalue weighted by atomic mass is 16.6. The summed E-state index contributed by atoms with van der Waals surface area (Å²) in [6, 6.07) is 9.58. The van der Waals surface area contributed by atoms with Gasteiger partial charge in [-0.05, 0) is 51.5 Å². The van der Waals surface area contributed by atoms with E-state index >= 15 is 0 Å². The number of benzene rings is 1. The molecule has 6 nitrogen and oxygen atoms in total. The average Bonchev–Trinajstić information content (AvgIpc) is 2.53. The Labute approximate surface area is 149 Å². The van der Waals surface area contributed by atoms with E-state index in [1.165, 1.54) is 0 Å². The largest absolute Gasteiger partial charge is 0.465 e. The molecule has 0 aromatic heterocycles. The minimum Gasteiger partial charge on any atom is -0.465 e. The van der Waals surface area contributed by atoms with E-state index < -0.39 is 11.7 Å². The Kier molecular flexibility index (Phi) is 6.28. The van der Waals surface area contributed by atoms with E-state index in [0.29, 0.717) is 19.5 Å². The number of likely N-dealkylation sites (tertiary alicyclic amines) is 1. The summed E-state index contributed by atoms with van der Waals surface area (Å²) in [5.41, 5.74) is 0.544. The van der Waals surface area contributed by atoms with Crippen molar-refractivity contribution in [3.63, 3.8) is 0 Å². The van der Waals surface area contributed by atoms with Gasteiger partial charge in [-0.2, -0.15) is 0 Å². The zero-order valence-electron chi connectivity index (χ0n) is 15.2. The van der Waals surface area contributed by atoms with Crippen LogP contribution >= 0.6 is 0 Å². The first kappa shape index (κ1) is 19.1. The summed E-state index contributed by atoms with van der Waals surface area (Å²) in [7, 11) is 0. The molecule has 2 N–H and O–H groups in total. The fourth-order valence-electron chi connectivity index (χ4n) is 3.19. The van der Waals surface area contributed by atoms with Crippen molar-refractivity contribution >= 4 is 12.2 Å². The molecule has 1 aromatic carbocycles. The van der Waals surface area contributed by atoms with E-state index in [4.69, 9.17) is 4.74 Å². The highest BCUT2D eigenvalue weighted by Crippen LogP contribution is 2.24. The van der Waals surface area contributed by atoms with Gasteiger partial charge in [-0.1, -0.05) is 30.3 Å². The van der Waals surface area contributed by atoms with E-state index in [2.05, 4.69) is 5.32 Å². The van der Waals surface area contributed by atoms with Crippen molar-refractivity contribution in [3.8, 4) is 0 Å². The van der Waals surface area contributed by atoms with E-state index in [1.807, 2.05) is 51.1 Å². The molecule has 1 aliphatic heterocycles. The van der Waals surface area contributed by atoms with Crippen molar-refractivity contribution in [2.24, 2.45) is 5.92 Å². The fourth-order valence-corrected chi connectivity index (χ4v) is 3.19. The van der Waals surface area contributed by atoms with E-state index in [1.54, 1.807) is 4.90 Å². The first-order valence-electron chi connectivity index (χ1n) is 8.76. The summed E-state index contributed by atoms with van der Waals surface area (Å²) in [5, 5.41) is 11.8. The average molecular weight is 348 g/mol. The van der Waals surface area contributed by atoms with Crippen molar-refractivity contribution in [3.05, 3.63) is 35.9 Å². The number of amides is 2. The summed E-state index contributed by atoms with van der Waals surface area (Å²) in [4.78, 5) is 25.3. The zero-order valence-corrected chi connectivity index (χ0v) is 15.2. The number of rotatable bonds is 4. The van der Waals surface area contributed by atoms with Crippen LogP contribution in [0.25, 0.3) is 0 Å². The molecule has 1 aliphatic rings. The van der Waals surface area contributed by atoms with E-state index in [9.17, 15) is 14.7 Å². The van der Waals surface area contributed by atoms with Crippen LogP contribution in [0.4, 0.5) is 9.59 Å². The second kappa shape index (κ2) is 8.23. The highest BCUT2D eigenvalue weighted by Gasteiger charge is 2.32. The summed E-state index contributed by atoms with van der Waals surface area (Å²) < 4.78 is 5.45. The molecular weight excluding hydrogens is 320 g/mol. The molecule has 25 heavy (non-hydrogen) atoms. The van der Waals surface area contributed by atoms with Gasteiger partial charge in [0.1, 0.15) is 5.60 Å². The molecule has 2 amide bonds. The lowest BCUT2D eigenvalue weighted by molar-refractivity contribution is 0.0146. The molecule has 1 aromatic rings. The van der Waals surface area contributed by atoms with Crippen molar-refractivity contribution in [1.82, 2.24) is 10.2 Å². The molecule has 2 rings (SSSR count). The van der Waals surface area contributed by atoms with Gasteiger partial charge >= 0.3 is 12.2 Å². The predicted molar refractivity (Wildman–Crippen MR) is 95.6 cm³/mol. The van der Waals surface area contributed by atoms with Crippen LogP contribution in [0, 0.1) is 5.92 Å². The normalized spacial score (nSPS) is 19.2. The predicted octanol–water partition coefficient (Wildman–Crippen LogP) is 3.51. The van der Waals surface area contributed by atoms with Gasteiger partial charge in [0.25, 0.3) is 0 Å². The number of carbonyl (C=O) groups is 2. The van der Waals surface area contributed by atoms with Gasteiger partial charge in [-0.25, -0.2) is 9.59 Å². The van der Waals surface area contributed by atoms with Gasteiger partial charge < -0.3 is 20.1 Å². The Bertz CT molecular complexity index is 583. The van der Waals surface area contributed by atoms with Crippen LogP contribution in [0.15, 0.2) is 30.3 Å². The lowest BCUT2D eigenvalue weighted by Crippen LogP contribution is -2.50. The second-order valence-electron chi connectivity index (χ2n) is 7.57. The SMILES string of the molecule is CC(C)(C)OC(=O)N1CCCC(C(Cc2ccccc2)NC(=O)O)C1. The number of nitrogens with zero attached hydrogens (tertiary/aromatic N) is 1. The molecule has 1 heterocycles. The molecule has 0 aliphatic carbocycles. The van der Waals surface area contributed by atoms with Crippen LogP contribution < -0.4 is 5.32 Å². The molecule has 0 bridgehead atoms. The fraction of sp³-hybridized carbons (Fsp3) is 0.579. The molecule has 0 saturated carbocycles. The third kappa shape index (κ3) is 6.29. The maximum Gasteiger partial charge on any atom is 0.410 e. The van der Waals surface area contributed by atoms with Crippen molar-refractivity contribution in [1.29, 1.82) is 0 Å². The van der Waals surface area contributed by atoms with Crippen LogP contribution in [0.5, 0.6) is 0 Å². The van der Waals surface area contributed by atoms with Gasteiger partial charge in [-0.3, -0.25) is 0 Å². The monoisotopic (exact) mass is 348 g/mol. The second-order valence-corrected chi connectivity index (χ2v) is 7.57. The number of piperidine rings is 1. The molecule has 6 heteroatoms. The molecule has 1 fully saturated rings. The summed E-state index contributed by atoms with van der Waals surface area (Å²) in [5.74, 6) is 0.0672. The minimum atomic E-state index is -1.03. The third-order valence-corrected chi connectivity index (χ3v) is 4.29. The highest BCUT2D eigenvalue weighted by molar-refractivity contribution is 5.68. The Hall–Kier alpha value is -2.24. The van der Waals surface area contributed by atoms with Gasteiger partial charge in [-0.15, -0.1) is 0 Å². The number of hydrogen-bond acceptors (Lipinski definition) is 3. The quantitative estimate of drug-likeness (QED) is 0.873. The molecule has 0 spiro atoms. The summed E-state index contributed by atoms with van der Waals surface area (Å²) in [6.07, 6.45) is 0.981. The lowest BCUT2D eigenvalue weighted by atomic mass is 9.87. The third-order valence-electron chi connectivity index (χ3n) is 4.29. The zero-order chi connectivity index (χ0) is 18.4. The van der Waals surface area contributed by atoms with Crippen LogP contribution in [0.1, 0.15) is 39.2 Å². The van der Waals surface area contributed by atoms with Crippen molar-refractivity contribution < 1.29 is 19.4 Å². The Morgan fingerprint density at radius 2 is 2.00 bits per heavy atom. The number of carboxylic acid groups (broad SMARTS) is 1. The van der Waals surface area contributed by atoms with Gasteiger partial charge in [0, 0.05) is 19.1 Å². The van der Waals surface area contributed by atoms with Crippen molar-refractivity contribution in [2.45, 2.75) is 51.7 Å². The van der Waals surface area contributed by atoms with E-state index in [-0.39, 0.29) is 18.1 Å². The number of carbonyl (C=O) groups excluding carboxylic acids is 1. The Balaban J connectivity index is 2.05. The van der Waals surface area contributed by atoms with E-state index in [0.717, 1.165) is 18.4 Å². The topological polar surface area (TPSA) is 78.9 Å². The molecule has 2 unspecified atom stereocenters. The molecule has 0 radical (unpaired) electrons. The number of nitrogens with one attached hydrogen (secondary N) is 1. The minimum absolute atomic E-state index is 0.0672. The lowest BCUT2D eigenvalue weighted by Gasteiger charge is -2.37. The maximum atomic E-state index is 12.3. The smallest absolute Gasteiger partial charge is 0.410 e. The first-order valence-corrected chi connectivity index (χ1v) is 8.76. The number of hydrogen-bond donors (Lipinski definition) is 2. The first-order chi connectivity index (χ1) is 11.7. The standard InChI is InChI=1S/C19H28N2O4/c1-19(2,3)25-18(24)21-11-7-10-15(13-21)16(20-17(22)23)12-14-8-5-4-6-9-14/h4-6,8-9,15-16,20H,7,10-13H2,1-3H3,(H,22,23). The van der Waals surface area contributed by atoms with Crippen LogP contribution in [-0.4, -0.2) is 46.9 Å². The number of ether oxygens (including phenoxy) is 1. The van der Waals surface area contributed by atoms with Crippen LogP contribution in [0.3, 0.4) is 0 Å². The molecule has 1 saturated heterocycles. The summed E-state index contributed by atoms with van der Waals surface area (Å²) >= 11 is 0. The Morgan fingerprint density at radius 1 is 1.32 bits per heavy atom. The Morgan fingerprint density at radius 3 is 2.60 bits per heavy atom. The van der Waals surface area contributed by atoms with Crippen LogP contribution in [0.2, 0.25) is 0 Å².